The van der Waals surface area contributed by atoms with E-state index in [-0.39, 0.29) is 47.7 Å². The molecule has 4 fully saturated rings. The molecule has 0 aromatic rings. The van der Waals surface area contributed by atoms with Gasteiger partial charge in [0, 0.05) is 6.61 Å². The van der Waals surface area contributed by atoms with Crippen LogP contribution in [0.4, 0.5) is 26.3 Å². The van der Waals surface area contributed by atoms with Crippen molar-refractivity contribution in [3.63, 3.8) is 0 Å². The summed E-state index contributed by atoms with van der Waals surface area (Å²) in [6, 6.07) is 0. The van der Waals surface area contributed by atoms with Gasteiger partial charge in [0.05, 0.1) is 18.8 Å². The van der Waals surface area contributed by atoms with Crippen LogP contribution in [-0.4, -0.2) is 48.5 Å². The molecule has 236 valence electrons. The lowest BCUT2D eigenvalue weighted by Crippen LogP contribution is -2.56. The first-order valence-corrected chi connectivity index (χ1v) is 15.9. The molecule has 0 aromatic heterocycles. The smallest absolute Gasteiger partial charge is 0.379 e. The van der Waals surface area contributed by atoms with Crippen LogP contribution in [0.1, 0.15) is 104 Å². The van der Waals surface area contributed by atoms with Crippen molar-refractivity contribution >= 4 is 0 Å². The van der Waals surface area contributed by atoms with Crippen molar-refractivity contribution in [2.24, 2.45) is 40.4 Å². The fourth-order valence-corrected chi connectivity index (χ4v) is 10.1. The molecule has 0 radical (unpaired) electrons. The Bertz CT molecular complexity index is 942. The number of hydrogen-bond donors (Lipinski definition) is 1. The standard InChI is InChI=1S/C32H48F6O3/c1-20(6-4-14-30(39,31(33,34)35)32(36,37)38)25-10-11-26-24-9-8-21-18-22(41-23-7-5-17-40-19-23)12-15-28(21,2)27(24)13-16-29(25,26)3/h8,20,22-27,39H,4-7,9-19H2,1-3H3/t20-,22+,23?,24+,25-,26+,27+,28+,29-/m1/s1. The van der Waals surface area contributed by atoms with Crippen LogP contribution < -0.4 is 0 Å². The monoisotopic (exact) mass is 594 g/mol. The molecule has 4 aliphatic carbocycles. The molecule has 1 unspecified atom stereocenters. The van der Waals surface area contributed by atoms with Crippen molar-refractivity contribution in [1.82, 2.24) is 0 Å². The quantitative estimate of drug-likeness (QED) is 0.237. The molecule has 5 aliphatic rings. The number of alkyl halides is 6. The molecular weight excluding hydrogens is 546 g/mol. The summed E-state index contributed by atoms with van der Waals surface area (Å²) in [5.74, 6) is 2.00. The van der Waals surface area contributed by atoms with E-state index in [0.29, 0.717) is 24.4 Å². The molecule has 9 atom stereocenters. The Morgan fingerprint density at radius 2 is 1.71 bits per heavy atom. The highest BCUT2D eigenvalue weighted by molar-refractivity contribution is 5.25. The molecule has 0 amide bonds. The molecule has 1 saturated heterocycles. The Morgan fingerprint density at radius 3 is 2.37 bits per heavy atom. The van der Waals surface area contributed by atoms with E-state index in [2.05, 4.69) is 19.9 Å². The number of aliphatic hydroxyl groups is 1. The number of fused-ring (bicyclic) bond motifs is 5. The number of ether oxygens (including phenoxy) is 2. The summed E-state index contributed by atoms with van der Waals surface area (Å²) in [6.07, 6.45) is 0.706. The van der Waals surface area contributed by atoms with Crippen LogP contribution in [-0.2, 0) is 9.47 Å². The molecule has 0 aromatic carbocycles. The van der Waals surface area contributed by atoms with Crippen LogP contribution in [0.5, 0.6) is 0 Å². The van der Waals surface area contributed by atoms with Gasteiger partial charge in [-0.15, -0.1) is 0 Å². The third-order valence-corrected chi connectivity index (χ3v) is 12.5. The molecule has 0 bridgehead atoms. The molecule has 1 N–H and O–H groups in total. The van der Waals surface area contributed by atoms with E-state index < -0.39 is 24.4 Å². The van der Waals surface area contributed by atoms with E-state index >= 15 is 0 Å². The first kappa shape index (κ1) is 31.6. The second kappa shape index (κ2) is 11.3. The molecule has 41 heavy (non-hydrogen) atoms. The summed E-state index contributed by atoms with van der Waals surface area (Å²) in [6.45, 7) is 8.31. The third-order valence-electron chi connectivity index (χ3n) is 12.5. The molecule has 3 nitrogen and oxygen atoms in total. The van der Waals surface area contributed by atoms with Gasteiger partial charge in [-0.25, -0.2) is 0 Å². The predicted octanol–water partition coefficient (Wildman–Crippen LogP) is 8.79. The van der Waals surface area contributed by atoms with Crippen molar-refractivity contribution < 1.29 is 40.9 Å². The first-order chi connectivity index (χ1) is 19.1. The fourth-order valence-electron chi connectivity index (χ4n) is 10.1. The summed E-state index contributed by atoms with van der Waals surface area (Å²) < 4.78 is 91.0. The minimum absolute atomic E-state index is 0.00824. The number of hydrogen-bond acceptors (Lipinski definition) is 3. The van der Waals surface area contributed by atoms with Gasteiger partial charge in [-0.05, 0) is 117 Å². The highest BCUT2D eigenvalue weighted by Crippen LogP contribution is 2.67. The summed E-state index contributed by atoms with van der Waals surface area (Å²) in [7, 11) is 0. The second-order valence-electron chi connectivity index (χ2n) is 14.6. The maximum absolute atomic E-state index is 13.2. The van der Waals surface area contributed by atoms with E-state index in [0.717, 1.165) is 70.8 Å². The van der Waals surface area contributed by atoms with Gasteiger partial charge in [-0.1, -0.05) is 38.8 Å². The van der Waals surface area contributed by atoms with Gasteiger partial charge >= 0.3 is 12.4 Å². The highest BCUT2D eigenvalue weighted by Gasteiger charge is 2.69. The lowest BCUT2D eigenvalue weighted by Gasteiger charge is -2.58. The number of rotatable bonds is 7. The van der Waals surface area contributed by atoms with Crippen molar-refractivity contribution in [2.45, 2.75) is 134 Å². The zero-order valence-corrected chi connectivity index (χ0v) is 24.8. The van der Waals surface area contributed by atoms with Crippen LogP contribution in [0.2, 0.25) is 0 Å². The van der Waals surface area contributed by atoms with Crippen molar-refractivity contribution in [1.29, 1.82) is 0 Å². The minimum Gasteiger partial charge on any atom is -0.379 e. The van der Waals surface area contributed by atoms with Gasteiger partial charge in [0.15, 0.2) is 0 Å². The Kier molecular flexibility index (Phi) is 8.70. The van der Waals surface area contributed by atoms with Crippen molar-refractivity contribution in [2.75, 3.05) is 13.2 Å². The summed E-state index contributed by atoms with van der Waals surface area (Å²) >= 11 is 0. The van der Waals surface area contributed by atoms with Crippen LogP contribution in [0.15, 0.2) is 11.6 Å². The Hall–Kier alpha value is -0.800. The van der Waals surface area contributed by atoms with E-state index in [4.69, 9.17) is 9.47 Å². The predicted molar refractivity (Wildman–Crippen MR) is 144 cm³/mol. The second-order valence-corrected chi connectivity index (χ2v) is 14.6. The van der Waals surface area contributed by atoms with Gasteiger partial charge in [0.25, 0.3) is 5.60 Å². The molecular formula is C32H48F6O3. The average Bonchev–Trinajstić information content (AvgIpc) is 3.25. The topological polar surface area (TPSA) is 38.7 Å². The zero-order chi connectivity index (χ0) is 29.8. The van der Waals surface area contributed by atoms with E-state index in [9.17, 15) is 31.4 Å². The molecule has 5 rings (SSSR count). The lowest BCUT2D eigenvalue weighted by atomic mass is 9.47. The average molecular weight is 595 g/mol. The molecule has 0 spiro atoms. The SMILES string of the molecule is C[C@H](CCCC(O)(C(F)(F)F)C(F)(F)F)[C@H]1CC[C@H]2[C@@H]3CC=C4C[C@@H](OC5CCCOC5)CC[C@]4(C)[C@H]3CC[C@]12C. The maximum atomic E-state index is 13.2. The van der Waals surface area contributed by atoms with Crippen molar-refractivity contribution in [3.8, 4) is 0 Å². The maximum Gasteiger partial charge on any atom is 0.426 e. The van der Waals surface area contributed by atoms with Crippen LogP contribution in [0.25, 0.3) is 0 Å². The lowest BCUT2D eigenvalue weighted by molar-refractivity contribution is -0.370. The Balaban J connectivity index is 1.22. The fraction of sp³-hybridized carbons (Fsp3) is 0.938. The first-order valence-electron chi connectivity index (χ1n) is 15.9. The van der Waals surface area contributed by atoms with E-state index in [1.165, 1.54) is 0 Å². The van der Waals surface area contributed by atoms with E-state index in [1.54, 1.807) is 5.57 Å². The van der Waals surface area contributed by atoms with E-state index in [1.807, 2.05) is 6.92 Å². The minimum atomic E-state index is -5.74. The van der Waals surface area contributed by atoms with Gasteiger partial charge in [-0.3, -0.25) is 0 Å². The summed E-state index contributed by atoms with van der Waals surface area (Å²) in [5.41, 5.74) is -2.86. The van der Waals surface area contributed by atoms with Gasteiger partial charge in [0.2, 0.25) is 0 Å². The Morgan fingerprint density at radius 1 is 0.976 bits per heavy atom. The van der Waals surface area contributed by atoms with Gasteiger partial charge in [0.1, 0.15) is 0 Å². The zero-order valence-electron chi connectivity index (χ0n) is 24.8. The van der Waals surface area contributed by atoms with Crippen LogP contribution in [0, 0.1) is 40.4 Å². The van der Waals surface area contributed by atoms with Gasteiger partial charge in [-0.2, -0.15) is 26.3 Å². The molecule has 9 heteroatoms. The molecule has 1 heterocycles. The third kappa shape index (κ3) is 5.63. The largest absolute Gasteiger partial charge is 0.426 e. The van der Waals surface area contributed by atoms with Crippen LogP contribution >= 0.6 is 0 Å². The van der Waals surface area contributed by atoms with Gasteiger partial charge < -0.3 is 14.6 Å². The number of halogens is 6. The normalized spacial score (nSPS) is 40.8. The summed E-state index contributed by atoms with van der Waals surface area (Å²) in [4.78, 5) is 0. The highest BCUT2D eigenvalue weighted by atomic mass is 19.4. The Labute approximate surface area is 240 Å². The molecule has 3 saturated carbocycles. The van der Waals surface area contributed by atoms with Crippen molar-refractivity contribution in [3.05, 3.63) is 11.6 Å². The number of allylic oxidation sites excluding steroid dienone is 1. The summed E-state index contributed by atoms with van der Waals surface area (Å²) in [5, 5.41) is 9.58. The molecule has 1 aliphatic heterocycles. The van der Waals surface area contributed by atoms with Crippen LogP contribution in [0.3, 0.4) is 0 Å².